The van der Waals surface area contributed by atoms with Gasteiger partial charge in [-0.3, -0.25) is 10.1 Å². The van der Waals surface area contributed by atoms with E-state index in [1.165, 1.54) is 41.2 Å². The third-order valence-corrected chi connectivity index (χ3v) is 6.72. The number of hydrogen-bond acceptors (Lipinski definition) is 6. The van der Waals surface area contributed by atoms with Crippen molar-refractivity contribution in [2.75, 3.05) is 0 Å². The molecule has 190 valence electrons. The van der Waals surface area contributed by atoms with Crippen molar-refractivity contribution < 1.29 is 13.7 Å². The van der Waals surface area contributed by atoms with Gasteiger partial charge < -0.3 is 4.42 Å². The van der Waals surface area contributed by atoms with Crippen molar-refractivity contribution in [3.63, 3.8) is 0 Å². The van der Waals surface area contributed by atoms with Crippen molar-refractivity contribution in [2.45, 2.75) is 19.8 Å². The van der Waals surface area contributed by atoms with Crippen LogP contribution in [0.1, 0.15) is 31.1 Å². The Labute approximate surface area is 222 Å². The van der Waals surface area contributed by atoms with Gasteiger partial charge in [-0.1, -0.05) is 26.0 Å². The molecule has 0 aliphatic heterocycles. The molecule has 0 amide bonds. The number of aromatic nitrogens is 1. The first-order chi connectivity index (χ1) is 18.4. The fourth-order valence-corrected chi connectivity index (χ4v) is 4.65. The van der Waals surface area contributed by atoms with Crippen LogP contribution in [0.2, 0.25) is 0 Å². The van der Waals surface area contributed by atoms with Crippen molar-refractivity contribution in [1.82, 2.24) is 4.68 Å². The molecular formula is C29H23FN4O3S. The summed E-state index contributed by atoms with van der Waals surface area (Å²) in [4.78, 5) is 16.1. The lowest BCUT2D eigenvalue weighted by molar-refractivity contribution is -0.384. The molecule has 38 heavy (non-hydrogen) atoms. The molecule has 0 saturated carbocycles. The number of rotatable bonds is 7. The zero-order valence-electron chi connectivity index (χ0n) is 20.6. The maximum Gasteiger partial charge on any atom is 0.269 e. The molecule has 0 bridgehead atoms. The summed E-state index contributed by atoms with van der Waals surface area (Å²) in [5, 5.41) is 17.7. The fourth-order valence-electron chi connectivity index (χ4n) is 3.79. The zero-order valence-corrected chi connectivity index (χ0v) is 21.4. The van der Waals surface area contributed by atoms with Crippen LogP contribution >= 0.6 is 11.3 Å². The van der Waals surface area contributed by atoms with E-state index in [1.807, 2.05) is 17.5 Å². The van der Waals surface area contributed by atoms with E-state index in [2.05, 4.69) is 31.1 Å². The Morgan fingerprint density at radius 1 is 0.947 bits per heavy atom. The lowest BCUT2D eigenvalue weighted by Crippen LogP contribution is -2.11. The van der Waals surface area contributed by atoms with Crippen LogP contribution in [0.25, 0.3) is 22.6 Å². The van der Waals surface area contributed by atoms with Gasteiger partial charge in [-0.2, -0.15) is 5.10 Å². The molecule has 5 rings (SSSR count). The minimum Gasteiger partial charge on any atom is -0.455 e. The summed E-state index contributed by atoms with van der Waals surface area (Å²) < 4.78 is 20.9. The summed E-state index contributed by atoms with van der Waals surface area (Å²) in [7, 11) is 0. The van der Waals surface area contributed by atoms with E-state index in [0.29, 0.717) is 22.2 Å². The summed E-state index contributed by atoms with van der Waals surface area (Å²) in [6.45, 7) is 4.28. The maximum absolute atomic E-state index is 13.3. The standard InChI is InChI=1S/C29H23FN4O3S/c1-19(2)20-5-11-24(12-6-20)32-29-33(27(18-38-29)21-7-13-25(14-8-21)34(35)36)31-17-26-15-16-28(37-26)22-3-9-23(30)10-4-22/h3-19H,1-2H3. The summed E-state index contributed by atoms with van der Waals surface area (Å²) in [6, 6.07) is 24.0. The SMILES string of the molecule is CC(C)c1ccc(N=c2scc(-c3ccc([N+](=O)[O-])cc3)n2N=Cc2ccc(-c3ccc(F)cc3)o2)cc1. The summed E-state index contributed by atoms with van der Waals surface area (Å²) in [6.07, 6.45) is 1.58. The fraction of sp³-hybridized carbons (Fsp3) is 0.103. The predicted molar refractivity (Wildman–Crippen MR) is 147 cm³/mol. The first-order valence-electron chi connectivity index (χ1n) is 11.9. The summed E-state index contributed by atoms with van der Waals surface area (Å²) in [5.41, 5.74) is 4.25. The van der Waals surface area contributed by atoms with Crippen LogP contribution in [0.15, 0.2) is 105 Å². The predicted octanol–water partition coefficient (Wildman–Crippen LogP) is 7.76. The molecule has 0 unspecified atom stereocenters. The van der Waals surface area contributed by atoms with E-state index in [0.717, 1.165) is 22.5 Å². The highest BCUT2D eigenvalue weighted by molar-refractivity contribution is 7.07. The Kier molecular flexibility index (Phi) is 7.10. The molecule has 0 N–H and O–H groups in total. The first kappa shape index (κ1) is 25.0. The maximum atomic E-state index is 13.3. The molecule has 2 heterocycles. The molecule has 0 radical (unpaired) electrons. The molecule has 2 aromatic heterocycles. The van der Waals surface area contributed by atoms with Crippen molar-refractivity contribution >= 4 is 28.9 Å². The van der Waals surface area contributed by atoms with E-state index < -0.39 is 4.92 Å². The molecule has 3 aromatic carbocycles. The van der Waals surface area contributed by atoms with Gasteiger partial charge in [0.1, 0.15) is 17.3 Å². The minimum absolute atomic E-state index is 0.0121. The van der Waals surface area contributed by atoms with E-state index >= 15 is 0 Å². The van der Waals surface area contributed by atoms with Crippen LogP contribution in [0.5, 0.6) is 0 Å². The zero-order chi connectivity index (χ0) is 26.6. The number of benzene rings is 3. The van der Waals surface area contributed by atoms with Crippen LogP contribution in [0, 0.1) is 15.9 Å². The third-order valence-electron chi connectivity index (χ3n) is 5.90. The van der Waals surface area contributed by atoms with Gasteiger partial charge in [0.25, 0.3) is 5.69 Å². The third kappa shape index (κ3) is 5.52. The number of nitrogens with zero attached hydrogens (tertiary/aromatic N) is 4. The molecule has 0 spiro atoms. The van der Waals surface area contributed by atoms with Gasteiger partial charge in [0, 0.05) is 28.6 Å². The van der Waals surface area contributed by atoms with Crippen LogP contribution in [0.3, 0.4) is 0 Å². The second kappa shape index (κ2) is 10.8. The Morgan fingerprint density at radius 3 is 2.29 bits per heavy atom. The topological polar surface area (TPSA) is 85.9 Å². The Morgan fingerprint density at radius 2 is 1.63 bits per heavy atom. The van der Waals surface area contributed by atoms with Crippen molar-refractivity contribution in [2.24, 2.45) is 10.1 Å². The van der Waals surface area contributed by atoms with Crippen LogP contribution in [0.4, 0.5) is 15.8 Å². The second-order valence-corrected chi connectivity index (χ2v) is 9.67. The Balaban J connectivity index is 1.54. The normalized spacial score (nSPS) is 12.1. The largest absolute Gasteiger partial charge is 0.455 e. The summed E-state index contributed by atoms with van der Waals surface area (Å²) in [5.74, 6) is 1.20. The van der Waals surface area contributed by atoms with Gasteiger partial charge in [-0.15, -0.1) is 11.3 Å². The minimum atomic E-state index is -0.430. The average molecular weight is 527 g/mol. The Hall–Kier alpha value is -4.63. The molecule has 0 fully saturated rings. The molecule has 7 nitrogen and oxygen atoms in total. The van der Waals surface area contributed by atoms with Crippen LogP contribution in [-0.2, 0) is 0 Å². The highest BCUT2D eigenvalue weighted by Gasteiger charge is 2.11. The number of non-ortho nitro benzene ring substituents is 1. The highest BCUT2D eigenvalue weighted by Crippen LogP contribution is 2.25. The lowest BCUT2D eigenvalue weighted by atomic mass is 10.0. The monoisotopic (exact) mass is 526 g/mol. The highest BCUT2D eigenvalue weighted by atomic mass is 32.1. The van der Waals surface area contributed by atoms with Gasteiger partial charge in [-0.25, -0.2) is 14.1 Å². The molecular weight excluding hydrogens is 503 g/mol. The van der Waals surface area contributed by atoms with Crippen LogP contribution < -0.4 is 4.80 Å². The molecule has 0 aliphatic carbocycles. The van der Waals surface area contributed by atoms with Gasteiger partial charge in [0.15, 0.2) is 0 Å². The number of nitro groups is 1. The first-order valence-corrected chi connectivity index (χ1v) is 12.8. The van der Waals surface area contributed by atoms with E-state index in [-0.39, 0.29) is 11.5 Å². The molecule has 0 atom stereocenters. The number of nitro benzene ring substituents is 1. The molecule has 9 heteroatoms. The van der Waals surface area contributed by atoms with E-state index in [4.69, 9.17) is 9.41 Å². The number of furan rings is 1. The van der Waals surface area contributed by atoms with Crippen molar-refractivity contribution in [3.8, 4) is 22.6 Å². The number of hydrogen-bond donors (Lipinski definition) is 0. The molecule has 5 aromatic rings. The number of halogens is 1. The molecule has 0 saturated heterocycles. The van der Waals surface area contributed by atoms with Gasteiger partial charge >= 0.3 is 0 Å². The molecule has 0 aliphatic rings. The van der Waals surface area contributed by atoms with Crippen LogP contribution in [-0.4, -0.2) is 15.8 Å². The summed E-state index contributed by atoms with van der Waals surface area (Å²) >= 11 is 1.41. The van der Waals surface area contributed by atoms with Crippen molar-refractivity contribution in [1.29, 1.82) is 0 Å². The van der Waals surface area contributed by atoms with Gasteiger partial charge in [0.05, 0.1) is 22.5 Å². The number of thiazole rings is 1. The quantitative estimate of drug-likeness (QED) is 0.123. The van der Waals surface area contributed by atoms with E-state index in [1.54, 1.807) is 47.3 Å². The van der Waals surface area contributed by atoms with Gasteiger partial charge in [0.2, 0.25) is 4.80 Å². The van der Waals surface area contributed by atoms with Crippen molar-refractivity contribution in [3.05, 3.63) is 122 Å². The van der Waals surface area contributed by atoms with Gasteiger partial charge in [-0.05, 0) is 72.1 Å². The lowest BCUT2D eigenvalue weighted by Gasteiger charge is -2.05. The van der Waals surface area contributed by atoms with E-state index in [9.17, 15) is 14.5 Å². The average Bonchev–Trinajstić information content (AvgIpc) is 3.55. The Bertz CT molecular complexity index is 1660. The second-order valence-electron chi connectivity index (χ2n) is 8.83. The smallest absolute Gasteiger partial charge is 0.269 e.